The summed E-state index contributed by atoms with van der Waals surface area (Å²) in [7, 11) is -4.00. The molecule has 3 aromatic carbocycles. The Kier molecular flexibility index (Phi) is 5.15. The van der Waals surface area contributed by atoms with Crippen LogP contribution in [0.25, 0.3) is 0 Å². The van der Waals surface area contributed by atoms with Crippen molar-refractivity contribution in [2.45, 2.75) is 23.5 Å². The quantitative estimate of drug-likeness (QED) is 0.411. The maximum atomic E-state index is 12.7. The first-order valence-electron chi connectivity index (χ1n) is 9.24. The number of rotatable bonds is 6. The first kappa shape index (κ1) is 19.9. The zero-order chi connectivity index (χ0) is 21.3. The first-order valence-corrected chi connectivity index (χ1v) is 10.7. The second kappa shape index (κ2) is 7.77. The number of hydrogen-bond donors (Lipinski definition) is 3. The molecule has 3 N–H and O–H groups in total. The van der Waals surface area contributed by atoms with Gasteiger partial charge in [0, 0.05) is 18.2 Å². The van der Waals surface area contributed by atoms with Crippen LogP contribution < -0.4 is 10.0 Å². The maximum Gasteiger partial charge on any atom is 0.293 e. The van der Waals surface area contributed by atoms with Gasteiger partial charge in [-0.15, -0.1) is 0 Å². The third-order valence-corrected chi connectivity index (χ3v) is 6.40. The van der Waals surface area contributed by atoms with E-state index in [1.165, 1.54) is 12.1 Å². The molecule has 0 bridgehead atoms. The Balaban J connectivity index is 1.65. The molecule has 0 unspecified atom stereocenters. The molecule has 30 heavy (non-hydrogen) atoms. The Morgan fingerprint density at radius 2 is 1.70 bits per heavy atom. The lowest BCUT2D eigenvalue weighted by atomic mass is 10.1. The summed E-state index contributed by atoms with van der Waals surface area (Å²) in [5.74, 6) is 0. The smallest absolute Gasteiger partial charge is 0.293 e. The van der Waals surface area contributed by atoms with Gasteiger partial charge >= 0.3 is 0 Å². The van der Waals surface area contributed by atoms with E-state index in [1.807, 2.05) is 24.3 Å². The molecule has 0 aliphatic heterocycles. The monoisotopic (exact) mass is 425 g/mol. The van der Waals surface area contributed by atoms with Crippen molar-refractivity contribution in [1.29, 1.82) is 0 Å². The Morgan fingerprint density at radius 3 is 2.43 bits per heavy atom. The molecule has 4 rings (SSSR count). The fourth-order valence-electron chi connectivity index (χ4n) is 3.59. The van der Waals surface area contributed by atoms with Crippen molar-refractivity contribution in [1.82, 2.24) is 0 Å². The lowest BCUT2D eigenvalue weighted by Gasteiger charge is -2.19. The number of sulfonamides is 1. The van der Waals surface area contributed by atoms with E-state index in [0.717, 1.165) is 17.2 Å². The van der Waals surface area contributed by atoms with Crippen LogP contribution in [0.3, 0.4) is 0 Å². The van der Waals surface area contributed by atoms with E-state index in [1.54, 1.807) is 30.3 Å². The van der Waals surface area contributed by atoms with E-state index in [-0.39, 0.29) is 16.3 Å². The highest BCUT2D eigenvalue weighted by molar-refractivity contribution is 7.92. The number of nitrogens with one attached hydrogen (secondary N) is 2. The summed E-state index contributed by atoms with van der Waals surface area (Å²) in [6.45, 7) is 0. The SMILES string of the molecule is O=[N+]([O-])c1cc(S(=O)(=O)Nc2ccccc2)ccc1N[C@H]1c2ccccc2C[C@H]1O. The molecule has 0 spiro atoms. The summed E-state index contributed by atoms with van der Waals surface area (Å²) in [5.41, 5.74) is 1.94. The van der Waals surface area contributed by atoms with Crippen LogP contribution in [0.15, 0.2) is 77.7 Å². The number of para-hydroxylation sites is 1. The standard InChI is InChI=1S/C21H19N3O5S/c25-20-12-14-6-4-5-9-17(14)21(20)22-18-11-10-16(13-19(18)24(26)27)30(28,29)23-15-7-2-1-3-8-15/h1-11,13,20-23,25H,12H2/t20-,21+/m1/s1. The van der Waals surface area contributed by atoms with Crippen LogP contribution in [0.1, 0.15) is 17.2 Å². The van der Waals surface area contributed by atoms with Crippen LogP contribution in [0.5, 0.6) is 0 Å². The highest BCUT2D eigenvalue weighted by atomic mass is 32.2. The third-order valence-electron chi connectivity index (χ3n) is 5.02. The van der Waals surface area contributed by atoms with E-state index >= 15 is 0 Å². The van der Waals surface area contributed by atoms with Crippen LogP contribution >= 0.6 is 0 Å². The molecule has 3 aromatic rings. The lowest BCUT2D eigenvalue weighted by Crippen LogP contribution is -2.22. The van der Waals surface area contributed by atoms with Crippen LogP contribution in [0.2, 0.25) is 0 Å². The summed E-state index contributed by atoms with van der Waals surface area (Å²) in [6.07, 6.45) is -0.306. The van der Waals surface area contributed by atoms with Crippen LogP contribution in [-0.4, -0.2) is 24.6 Å². The fourth-order valence-corrected chi connectivity index (χ4v) is 4.67. The molecule has 1 aliphatic carbocycles. The number of aliphatic hydroxyl groups excluding tert-OH is 1. The number of nitro groups is 1. The Morgan fingerprint density at radius 1 is 1.00 bits per heavy atom. The zero-order valence-corrected chi connectivity index (χ0v) is 16.5. The molecule has 9 heteroatoms. The van der Waals surface area contributed by atoms with Crippen molar-refractivity contribution >= 4 is 27.1 Å². The van der Waals surface area contributed by atoms with Crippen LogP contribution in [0.4, 0.5) is 17.1 Å². The minimum atomic E-state index is -4.00. The molecule has 154 valence electrons. The van der Waals surface area contributed by atoms with Gasteiger partial charge in [0.05, 0.1) is 22.0 Å². The molecule has 8 nitrogen and oxygen atoms in total. The van der Waals surface area contributed by atoms with E-state index < -0.39 is 27.1 Å². The Hall–Kier alpha value is -3.43. The molecular weight excluding hydrogens is 406 g/mol. The number of nitrogens with zero attached hydrogens (tertiary/aromatic N) is 1. The van der Waals surface area contributed by atoms with Gasteiger partial charge in [0.1, 0.15) is 5.69 Å². The molecule has 1 aliphatic rings. The minimum Gasteiger partial charge on any atom is -0.390 e. The van der Waals surface area contributed by atoms with Gasteiger partial charge in [0.15, 0.2) is 0 Å². The van der Waals surface area contributed by atoms with E-state index in [9.17, 15) is 23.6 Å². The molecule has 2 atom stereocenters. The average Bonchev–Trinajstić information content (AvgIpc) is 3.03. The number of anilines is 2. The second-order valence-corrected chi connectivity index (χ2v) is 8.68. The summed E-state index contributed by atoms with van der Waals surface area (Å²) < 4.78 is 27.7. The third kappa shape index (κ3) is 3.85. The Labute approximate surface area is 173 Å². The molecule has 0 saturated carbocycles. The number of nitro benzene ring substituents is 1. The maximum absolute atomic E-state index is 12.7. The lowest BCUT2D eigenvalue weighted by molar-refractivity contribution is -0.384. The predicted molar refractivity (Wildman–Crippen MR) is 113 cm³/mol. The predicted octanol–water partition coefficient (Wildman–Crippen LogP) is 3.47. The first-order chi connectivity index (χ1) is 14.3. The number of fused-ring (bicyclic) bond motifs is 1. The summed E-state index contributed by atoms with van der Waals surface area (Å²) in [4.78, 5) is 10.8. The zero-order valence-electron chi connectivity index (χ0n) is 15.7. The van der Waals surface area contributed by atoms with Crippen molar-refractivity contribution in [3.8, 4) is 0 Å². The van der Waals surface area contributed by atoms with Gasteiger partial charge in [-0.25, -0.2) is 8.42 Å². The minimum absolute atomic E-state index is 0.138. The summed E-state index contributed by atoms with van der Waals surface area (Å²) in [6, 6.07) is 18.9. The molecule has 0 amide bonds. The van der Waals surface area contributed by atoms with Gasteiger partial charge in [-0.1, -0.05) is 42.5 Å². The van der Waals surface area contributed by atoms with Crippen molar-refractivity contribution < 1.29 is 18.4 Å². The average molecular weight is 425 g/mol. The topological polar surface area (TPSA) is 122 Å². The number of hydrogen-bond acceptors (Lipinski definition) is 6. The molecule has 0 aromatic heterocycles. The van der Waals surface area contributed by atoms with Crippen molar-refractivity contribution in [3.63, 3.8) is 0 Å². The van der Waals surface area contributed by atoms with E-state index in [0.29, 0.717) is 12.1 Å². The highest BCUT2D eigenvalue weighted by Crippen LogP contribution is 2.37. The van der Waals surface area contributed by atoms with Crippen molar-refractivity contribution in [2.24, 2.45) is 0 Å². The van der Waals surface area contributed by atoms with Crippen LogP contribution in [-0.2, 0) is 16.4 Å². The molecule has 0 radical (unpaired) electrons. The summed E-state index contributed by atoms with van der Waals surface area (Å²) >= 11 is 0. The summed E-state index contributed by atoms with van der Waals surface area (Å²) in [5, 5.41) is 25.1. The highest BCUT2D eigenvalue weighted by Gasteiger charge is 2.32. The van der Waals surface area contributed by atoms with E-state index in [4.69, 9.17) is 0 Å². The molecular formula is C21H19N3O5S. The molecule has 0 fully saturated rings. The van der Waals surface area contributed by atoms with Crippen LogP contribution in [0, 0.1) is 10.1 Å². The van der Waals surface area contributed by atoms with Crippen molar-refractivity contribution in [3.05, 3.63) is 94.0 Å². The number of aliphatic hydroxyl groups is 1. The molecule has 0 heterocycles. The van der Waals surface area contributed by atoms with Gasteiger partial charge in [-0.3, -0.25) is 14.8 Å². The fraction of sp³-hybridized carbons (Fsp3) is 0.143. The van der Waals surface area contributed by atoms with Gasteiger partial charge < -0.3 is 10.4 Å². The van der Waals surface area contributed by atoms with E-state index in [2.05, 4.69) is 10.0 Å². The van der Waals surface area contributed by atoms with Gasteiger partial charge in [-0.2, -0.15) is 0 Å². The molecule has 0 saturated heterocycles. The van der Waals surface area contributed by atoms with Gasteiger partial charge in [0.25, 0.3) is 15.7 Å². The Bertz CT molecular complexity index is 1200. The second-order valence-electron chi connectivity index (χ2n) is 7.00. The van der Waals surface area contributed by atoms with Gasteiger partial charge in [0.2, 0.25) is 0 Å². The van der Waals surface area contributed by atoms with Gasteiger partial charge in [-0.05, 0) is 35.4 Å². The van der Waals surface area contributed by atoms with Crippen molar-refractivity contribution in [2.75, 3.05) is 10.0 Å². The normalized spacial score (nSPS) is 17.9. The number of benzene rings is 3. The largest absolute Gasteiger partial charge is 0.390 e.